The molecule has 1 heterocycles. The van der Waals surface area contributed by atoms with Gasteiger partial charge in [-0.2, -0.15) is 11.8 Å². The molecule has 1 N–H and O–H groups in total. The summed E-state index contributed by atoms with van der Waals surface area (Å²) in [4.78, 5) is 0. The van der Waals surface area contributed by atoms with Gasteiger partial charge in [0.1, 0.15) is 0 Å². The number of nitrogens with one attached hydrogen (secondary N) is 1. The first-order chi connectivity index (χ1) is 5.77. The van der Waals surface area contributed by atoms with E-state index in [1.165, 1.54) is 24.5 Å². The quantitative estimate of drug-likeness (QED) is 0.721. The van der Waals surface area contributed by atoms with Crippen molar-refractivity contribution in [3.63, 3.8) is 0 Å². The van der Waals surface area contributed by atoms with E-state index in [0.717, 1.165) is 23.8 Å². The maximum Gasteiger partial charge on any atom is 0.0191 e. The summed E-state index contributed by atoms with van der Waals surface area (Å²) in [6, 6.07) is 0.808. The lowest BCUT2D eigenvalue weighted by Gasteiger charge is -2.15. The van der Waals surface area contributed by atoms with Crippen LogP contribution in [0.15, 0.2) is 0 Å². The Balaban J connectivity index is 1.65. The van der Waals surface area contributed by atoms with E-state index in [2.05, 4.69) is 30.9 Å². The molecule has 0 spiro atoms. The largest absolute Gasteiger partial charge is 0.313 e. The van der Waals surface area contributed by atoms with E-state index >= 15 is 0 Å². The number of hydrogen-bond donors (Lipinski definition) is 1. The minimum absolute atomic E-state index is 0.808. The van der Waals surface area contributed by atoms with Crippen LogP contribution in [0.3, 0.4) is 0 Å². The number of thioether (sulfide) groups is 1. The van der Waals surface area contributed by atoms with Crippen molar-refractivity contribution in [2.75, 3.05) is 18.1 Å². The molecule has 0 radical (unpaired) electrons. The highest BCUT2D eigenvalue weighted by molar-refractivity contribution is 7.99. The smallest absolute Gasteiger partial charge is 0.0191 e. The van der Waals surface area contributed by atoms with Crippen LogP contribution >= 0.6 is 11.8 Å². The summed E-state index contributed by atoms with van der Waals surface area (Å²) < 4.78 is 0. The van der Waals surface area contributed by atoms with E-state index in [4.69, 9.17) is 0 Å². The van der Waals surface area contributed by atoms with Crippen LogP contribution in [0.5, 0.6) is 0 Å². The van der Waals surface area contributed by atoms with Crippen molar-refractivity contribution in [2.45, 2.75) is 26.3 Å². The fourth-order valence-corrected chi connectivity index (χ4v) is 3.35. The highest BCUT2D eigenvalue weighted by Crippen LogP contribution is 2.37. The normalized spacial score (nSPS) is 46.5. The van der Waals surface area contributed by atoms with Crippen LogP contribution in [-0.2, 0) is 0 Å². The molecule has 0 aromatic rings. The lowest BCUT2D eigenvalue weighted by molar-refractivity contribution is 0.440. The molecule has 0 aromatic carbocycles. The van der Waals surface area contributed by atoms with E-state index < -0.39 is 0 Å². The lowest BCUT2D eigenvalue weighted by atomic mass is 10.1. The third kappa shape index (κ3) is 1.97. The van der Waals surface area contributed by atoms with Crippen LogP contribution in [0.25, 0.3) is 0 Å². The molecule has 1 saturated heterocycles. The molecule has 2 heteroatoms. The summed E-state index contributed by atoms with van der Waals surface area (Å²) in [5, 5.41) is 3.70. The number of rotatable bonds is 3. The average molecular weight is 185 g/mol. The van der Waals surface area contributed by atoms with Crippen LogP contribution in [0.4, 0.5) is 0 Å². The minimum atomic E-state index is 0.808. The molecule has 12 heavy (non-hydrogen) atoms. The van der Waals surface area contributed by atoms with E-state index in [0.29, 0.717) is 0 Å². The minimum Gasteiger partial charge on any atom is -0.313 e. The maximum atomic E-state index is 3.70. The van der Waals surface area contributed by atoms with Gasteiger partial charge in [-0.25, -0.2) is 0 Å². The van der Waals surface area contributed by atoms with Gasteiger partial charge in [-0.3, -0.25) is 0 Å². The van der Waals surface area contributed by atoms with E-state index in [1.807, 2.05) is 0 Å². The van der Waals surface area contributed by atoms with Gasteiger partial charge in [-0.15, -0.1) is 0 Å². The zero-order valence-corrected chi connectivity index (χ0v) is 8.86. The highest BCUT2D eigenvalue weighted by atomic mass is 32.2. The van der Waals surface area contributed by atoms with Gasteiger partial charge in [-0.05, 0) is 36.5 Å². The SMILES string of the molecule is CC1CC1CNC1CSCC1C. The van der Waals surface area contributed by atoms with Crippen molar-refractivity contribution in [1.82, 2.24) is 5.32 Å². The molecule has 4 unspecified atom stereocenters. The monoisotopic (exact) mass is 185 g/mol. The standard InChI is InChI=1S/C10H19NS/c1-7-3-9(7)4-11-10-6-12-5-8(10)2/h7-11H,3-6H2,1-2H3. The Morgan fingerprint density at radius 3 is 2.50 bits per heavy atom. The molecule has 0 bridgehead atoms. The molecule has 0 aromatic heterocycles. The summed E-state index contributed by atoms with van der Waals surface area (Å²) in [5.41, 5.74) is 0. The highest BCUT2D eigenvalue weighted by Gasteiger charge is 2.33. The van der Waals surface area contributed by atoms with Gasteiger partial charge < -0.3 is 5.32 Å². The summed E-state index contributed by atoms with van der Waals surface area (Å²) in [6.07, 6.45) is 1.46. The molecule has 1 nitrogen and oxygen atoms in total. The molecule has 2 rings (SSSR count). The van der Waals surface area contributed by atoms with Crippen molar-refractivity contribution in [2.24, 2.45) is 17.8 Å². The molecule has 1 aliphatic heterocycles. The van der Waals surface area contributed by atoms with Crippen LogP contribution < -0.4 is 5.32 Å². The second kappa shape index (κ2) is 3.59. The van der Waals surface area contributed by atoms with Gasteiger partial charge in [-0.1, -0.05) is 13.8 Å². The second-order valence-corrected chi connectivity index (χ2v) is 5.58. The summed E-state index contributed by atoms with van der Waals surface area (Å²) in [6.45, 7) is 6.00. The third-order valence-electron chi connectivity index (χ3n) is 3.28. The van der Waals surface area contributed by atoms with Gasteiger partial charge in [0.25, 0.3) is 0 Å². The van der Waals surface area contributed by atoms with Gasteiger partial charge in [0.15, 0.2) is 0 Å². The summed E-state index contributed by atoms with van der Waals surface area (Å²) in [5.74, 6) is 5.59. The van der Waals surface area contributed by atoms with Crippen LogP contribution in [-0.4, -0.2) is 24.1 Å². The molecular weight excluding hydrogens is 166 g/mol. The summed E-state index contributed by atoms with van der Waals surface area (Å²) >= 11 is 2.10. The fourth-order valence-electron chi connectivity index (χ4n) is 1.91. The zero-order valence-electron chi connectivity index (χ0n) is 8.05. The molecule has 2 fully saturated rings. The molecule has 0 amide bonds. The van der Waals surface area contributed by atoms with Gasteiger partial charge in [0.2, 0.25) is 0 Å². The first kappa shape index (κ1) is 8.89. The van der Waals surface area contributed by atoms with Crippen molar-refractivity contribution < 1.29 is 0 Å². The Kier molecular flexibility index (Phi) is 2.66. The lowest BCUT2D eigenvalue weighted by Crippen LogP contribution is -2.35. The van der Waals surface area contributed by atoms with E-state index in [-0.39, 0.29) is 0 Å². The molecule has 2 aliphatic rings. The Bertz CT molecular complexity index is 160. The first-order valence-corrected chi connectivity index (χ1v) is 6.24. The van der Waals surface area contributed by atoms with E-state index in [9.17, 15) is 0 Å². The van der Waals surface area contributed by atoms with Gasteiger partial charge in [0, 0.05) is 11.8 Å². The Morgan fingerprint density at radius 2 is 2.00 bits per heavy atom. The van der Waals surface area contributed by atoms with E-state index in [1.54, 1.807) is 0 Å². The molecule has 1 saturated carbocycles. The van der Waals surface area contributed by atoms with Crippen LogP contribution in [0.1, 0.15) is 20.3 Å². The van der Waals surface area contributed by atoms with Crippen LogP contribution in [0, 0.1) is 17.8 Å². The Labute approximate surface area is 79.7 Å². The molecule has 70 valence electrons. The average Bonchev–Trinajstić information content (AvgIpc) is 2.57. The fraction of sp³-hybridized carbons (Fsp3) is 1.00. The van der Waals surface area contributed by atoms with Crippen molar-refractivity contribution in [1.29, 1.82) is 0 Å². The molecule has 1 aliphatic carbocycles. The van der Waals surface area contributed by atoms with Crippen LogP contribution in [0.2, 0.25) is 0 Å². The van der Waals surface area contributed by atoms with Gasteiger partial charge >= 0.3 is 0 Å². The topological polar surface area (TPSA) is 12.0 Å². The predicted octanol–water partition coefficient (Wildman–Crippen LogP) is 1.98. The Hall–Kier alpha value is 0.310. The van der Waals surface area contributed by atoms with Gasteiger partial charge in [0.05, 0.1) is 0 Å². The number of hydrogen-bond acceptors (Lipinski definition) is 2. The van der Waals surface area contributed by atoms with Crippen molar-refractivity contribution in [3.05, 3.63) is 0 Å². The molecule has 4 atom stereocenters. The van der Waals surface area contributed by atoms with Crippen molar-refractivity contribution in [3.8, 4) is 0 Å². The van der Waals surface area contributed by atoms with Crippen molar-refractivity contribution >= 4 is 11.8 Å². The second-order valence-electron chi connectivity index (χ2n) is 4.50. The Morgan fingerprint density at radius 1 is 1.25 bits per heavy atom. The molecular formula is C10H19NS. The summed E-state index contributed by atoms with van der Waals surface area (Å²) in [7, 11) is 0. The first-order valence-electron chi connectivity index (χ1n) is 5.08. The maximum absolute atomic E-state index is 3.70. The predicted molar refractivity (Wildman–Crippen MR) is 55.6 cm³/mol. The zero-order chi connectivity index (χ0) is 8.55. The third-order valence-corrected chi connectivity index (χ3v) is 4.64.